The van der Waals surface area contributed by atoms with Gasteiger partial charge in [-0.3, -0.25) is 0 Å². The molecule has 2 aromatic heterocycles. The predicted molar refractivity (Wildman–Crippen MR) is 71.6 cm³/mol. The van der Waals surface area contributed by atoms with Crippen molar-refractivity contribution in [2.45, 2.75) is 12.5 Å². The van der Waals surface area contributed by atoms with Crippen LogP contribution in [0.1, 0.15) is 5.89 Å². The van der Waals surface area contributed by atoms with Crippen LogP contribution < -0.4 is 5.32 Å². The molecule has 3 rings (SSSR count). The van der Waals surface area contributed by atoms with Crippen LogP contribution in [-0.2, 0) is 11.2 Å². The van der Waals surface area contributed by atoms with Gasteiger partial charge in [-0.2, -0.15) is 4.98 Å². The van der Waals surface area contributed by atoms with Crippen molar-refractivity contribution in [1.29, 1.82) is 0 Å². The molecule has 1 aliphatic heterocycles. The van der Waals surface area contributed by atoms with E-state index in [9.17, 15) is 0 Å². The monoisotopic (exact) mass is 329 g/mol. The number of hydrogen-bond donors (Lipinski definition) is 1. The SMILES string of the molecule is Brc1ccc(-c2noc(CC3COCCN3)n2)s1. The van der Waals surface area contributed by atoms with Gasteiger partial charge in [-0.15, -0.1) is 11.3 Å². The van der Waals surface area contributed by atoms with E-state index in [1.807, 2.05) is 12.1 Å². The molecule has 1 unspecified atom stereocenters. The molecule has 7 heteroatoms. The van der Waals surface area contributed by atoms with Crippen molar-refractivity contribution in [3.63, 3.8) is 0 Å². The van der Waals surface area contributed by atoms with Crippen LogP contribution in [0.5, 0.6) is 0 Å². The Hall–Kier alpha value is -0.760. The summed E-state index contributed by atoms with van der Waals surface area (Å²) in [5, 5.41) is 7.36. The second-order valence-electron chi connectivity index (χ2n) is 4.05. The number of rotatable bonds is 3. The van der Waals surface area contributed by atoms with Gasteiger partial charge in [0.2, 0.25) is 11.7 Å². The van der Waals surface area contributed by atoms with Gasteiger partial charge < -0.3 is 14.6 Å². The van der Waals surface area contributed by atoms with Crippen LogP contribution in [0.2, 0.25) is 0 Å². The Morgan fingerprint density at radius 3 is 3.17 bits per heavy atom. The van der Waals surface area contributed by atoms with Crippen molar-refractivity contribution in [3.05, 3.63) is 21.8 Å². The van der Waals surface area contributed by atoms with E-state index < -0.39 is 0 Å². The maximum absolute atomic E-state index is 5.39. The molecule has 0 amide bonds. The van der Waals surface area contributed by atoms with Gasteiger partial charge in [-0.25, -0.2) is 0 Å². The lowest BCUT2D eigenvalue weighted by molar-refractivity contribution is 0.0744. The Morgan fingerprint density at radius 1 is 1.50 bits per heavy atom. The molecule has 3 heterocycles. The van der Waals surface area contributed by atoms with Crippen LogP contribution in [0.3, 0.4) is 0 Å². The molecule has 1 aliphatic rings. The number of ether oxygens (including phenoxy) is 1. The average molecular weight is 330 g/mol. The topological polar surface area (TPSA) is 60.2 Å². The Bertz CT molecular complexity index is 522. The lowest BCUT2D eigenvalue weighted by Crippen LogP contribution is -2.42. The molecule has 96 valence electrons. The fourth-order valence-corrected chi connectivity index (χ4v) is 3.15. The highest BCUT2D eigenvalue weighted by atomic mass is 79.9. The van der Waals surface area contributed by atoms with Gasteiger partial charge in [0.05, 0.1) is 21.9 Å². The van der Waals surface area contributed by atoms with Crippen molar-refractivity contribution in [1.82, 2.24) is 15.5 Å². The number of halogens is 1. The third kappa shape index (κ3) is 2.80. The Labute approximate surface area is 117 Å². The van der Waals surface area contributed by atoms with E-state index in [1.165, 1.54) is 0 Å². The average Bonchev–Trinajstić information content (AvgIpc) is 2.99. The number of morpholine rings is 1. The first-order valence-electron chi connectivity index (χ1n) is 5.71. The molecule has 0 radical (unpaired) electrons. The van der Waals surface area contributed by atoms with Crippen LogP contribution in [0.15, 0.2) is 20.4 Å². The minimum atomic E-state index is 0.266. The summed E-state index contributed by atoms with van der Waals surface area (Å²) in [6, 6.07) is 4.22. The molecule has 1 N–H and O–H groups in total. The molecule has 0 aliphatic carbocycles. The van der Waals surface area contributed by atoms with E-state index in [4.69, 9.17) is 9.26 Å². The summed E-state index contributed by atoms with van der Waals surface area (Å²) in [6.45, 7) is 2.35. The van der Waals surface area contributed by atoms with E-state index in [1.54, 1.807) is 11.3 Å². The predicted octanol–water partition coefficient (Wildman–Crippen LogP) is 2.09. The van der Waals surface area contributed by atoms with Crippen LogP contribution in [0.25, 0.3) is 10.7 Å². The molecule has 2 aromatic rings. The minimum absolute atomic E-state index is 0.266. The van der Waals surface area contributed by atoms with E-state index in [-0.39, 0.29) is 6.04 Å². The summed E-state index contributed by atoms with van der Waals surface area (Å²) in [7, 11) is 0. The molecule has 18 heavy (non-hydrogen) atoms. The first-order chi connectivity index (χ1) is 8.81. The standard InChI is InChI=1S/C11H12BrN3O2S/c12-9-2-1-8(18-9)11-14-10(17-15-11)5-7-6-16-4-3-13-7/h1-2,7,13H,3-6H2. The van der Waals surface area contributed by atoms with Crippen LogP contribution in [-0.4, -0.2) is 35.9 Å². The lowest BCUT2D eigenvalue weighted by atomic mass is 10.2. The van der Waals surface area contributed by atoms with E-state index in [0.29, 0.717) is 24.7 Å². The molecule has 0 bridgehead atoms. The van der Waals surface area contributed by atoms with Gasteiger partial charge in [0, 0.05) is 19.0 Å². The Kier molecular flexibility index (Phi) is 3.74. The van der Waals surface area contributed by atoms with Gasteiger partial charge in [0.15, 0.2) is 0 Å². The maximum atomic E-state index is 5.39. The Morgan fingerprint density at radius 2 is 2.44 bits per heavy atom. The van der Waals surface area contributed by atoms with E-state index in [2.05, 4.69) is 31.4 Å². The highest BCUT2D eigenvalue weighted by Gasteiger charge is 2.18. The van der Waals surface area contributed by atoms with Gasteiger partial charge >= 0.3 is 0 Å². The summed E-state index contributed by atoms with van der Waals surface area (Å²) < 4.78 is 11.7. The van der Waals surface area contributed by atoms with Crippen molar-refractivity contribution in [2.75, 3.05) is 19.8 Å². The van der Waals surface area contributed by atoms with E-state index >= 15 is 0 Å². The Balaban J connectivity index is 1.69. The molecule has 5 nitrogen and oxygen atoms in total. The van der Waals surface area contributed by atoms with E-state index in [0.717, 1.165) is 21.8 Å². The normalized spacial score (nSPS) is 20.2. The van der Waals surface area contributed by atoms with Gasteiger partial charge in [0.25, 0.3) is 0 Å². The molecular formula is C11H12BrN3O2S. The summed E-state index contributed by atoms with van der Waals surface area (Å²) in [6.07, 6.45) is 0.708. The highest BCUT2D eigenvalue weighted by molar-refractivity contribution is 9.11. The van der Waals surface area contributed by atoms with Crippen molar-refractivity contribution in [3.8, 4) is 10.7 Å². The maximum Gasteiger partial charge on any atom is 0.228 e. The number of nitrogens with one attached hydrogen (secondary N) is 1. The zero-order valence-corrected chi connectivity index (χ0v) is 12.0. The third-order valence-corrected chi connectivity index (χ3v) is 4.30. The lowest BCUT2D eigenvalue weighted by Gasteiger charge is -2.22. The van der Waals surface area contributed by atoms with Crippen LogP contribution >= 0.6 is 27.3 Å². The summed E-state index contributed by atoms with van der Waals surface area (Å²) >= 11 is 5.01. The van der Waals surface area contributed by atoms with Crippen LogP contribution in [0.4, 0.5) is 0 Å². The highest BCUT2D eigenvalue weighted by Crippen LogP contribution is 2.29. The van der Waals surface area contributed by atoms with Crippen molar-refractivity contribution in [2.24, 2.45) is 0 Å². The first kappa shape index (κ1) is 12.3. The minimum Gasteiger partial charge on any atom is -0.378 e. The smallest absolute Gasteiger partial charge is 0.228 e. The molecule has 0 aromatic carbocycles. The second kappa shape index (κ2) is 5.48. The number of nitrogens with zero attached hydrogens (tertiary/aromatic N) is 2. The van der Waals surface area contributed by atoms with Gasteiger partial charge in [-0.1, -0.05) is 5.16 Å². The zero-order valence-electron chi connectivity index (χ0n) is 9.56. The van der Waals surface area contributed by atoms with Gasteiger partial charge in [-0.05, 0) is 28.1 Å². The molecule has 1 saturated heterocycles. The molecule has 1 atom stereocenters. The van der Waals surface area contributed by atoms with Crippen molar-refractivity contribution >= 4 is 27.3 Å². The molecule has 0 saturated carbocycles. The summed E-state index contributed by atoms with van der Waals surface area (Å²) in [5.41, 5.74) is 0. The largest absolute Gasteiger partial charge is 0.378 e. The van der Waals surface area contributed by atoms with Gasteiger partial charge in [0.1, 0.15) is 0 Å². The number of thiophene rings is 1. The first-order valence-corrected chi connectivity index (χ1v) is 7.31. The zero-order chi connectivity index (χ0) is 12.4. The number of hydrogen-bond acceptors (Lipinski definition) is 6. The van der Waals surface area contributed by atoms with Crippen molar-refractivity contribution < 1.29 is 9.26 Å². The third-order valence-electron chi connectivity index (χ3n) is 2.68. The van der Waals surface area contributed by atoms with Crippen LogP contribution in [0, 0.1) is 0 Å². The number of aromatic nitrogens is 2. The molecule has 0 spiro atoms. The summed E-state index contributed by atoms with van der Waals surface area (Å²) in [5.74, 6) is 1.30. The second-order valence-corrected chi connectivity index (χ2v) is 6.51. The summed E-state index contributed by atoms with van der Waals surface area (Å²) in [4.78, 5) is 5.41. The molecule has 1 fully saturated rings. The fraction of sp³-hybridized carbons (Fsp3) is 0.455. The fourth-order valence-electron chi connectivity index (χ4n) is 1.83. The molecular weight excluding hydrogens is 318 g/mol. The quantitative estimate of drug-likeness (QED) is 0.934.